The van der Waals surface area contributed by atoms with Gasteiger partial charge < -0.3 is 24.6 Å². The van der Waals surface area contributed by atoms with Gasteiger partial charge >= 0.3 is 0 Å². The Hall–Kier alpha value is -2.82. The van der Waals surface area contributed by atoms with Gasteiger partial charge in [0.25, 0.3) is 10.0 Å². The highest BCUT2D eigenvalue weighted by molar-refractivity contribution is 7.92. The smallest absolute Gasteiger partial charge is 0.262 e. The van der Waals surface area contributed by atoms with Crippen molar-refractivity contribution in [3.63, 3.8) is 0 Å². The number of methoxy groups -OCH3 is 1. The fourth-order valence-corrected chi connectivity index (χ4v) is 6.76. The Balaban J connectivity index is 1.31. The van der Waals surface area contributed by atoms with Crippen molar-refractivity contribution in [3.05, 3.63) is 48.0 Å². The van der Waals surface area contributed by atoms with E-state index in [0.717, 1.165) is 31.2 Å². The predicted molar refractivity (Wildman–Crippen MR) is 137 cm³/mol. The molecule has 1 amide bonds. The van der Waals surface area contributed by atoms with Crippen LogP contribution in [0, 0.1) is 0 Å². The van der Waals surface area contributed by atoms with Gasteiger partial charge in [0.1, 0.15) is 23.7 Å². The van der Waals surface area contributed by atoms with Crippen molar-refractivity contribution >= 4 is 21.6 Å². The van der Waals surface area contributed by atoms with Crippen molar-refractivity contribution < 1.29 is 32.5 Å². The number of fused-ring (bicyclic) bond motifs is 3. The Kier molecular flexibility index (Phi) is 7.60. The Morgan fingerprint density at radius 3 is 2.70 bits per heavy atom. The van der Waals surface area contributed by atoms with Crippen molar-refractivity contribution in [1.29, 1.82) is 0 Å². The quantitative estimate of drug-likeness (QED) is 0.478. The van der Waals surface area contributed by atoms with Crippen molar-refractivity contribution in [3.8, 4) is 11.5 Å². The van der Waals surface area contributed by atoms with Gasteiger partial charge in [-0.1, -0.05) is 25.3 Å². The number of aliphatic hydroxyl groups is 1. The van der Waals surface area contributed by atoms with Gasteiger partial charge in [-0.15, -0.1) is 0 Å². The van der Waals surface area contributed by atoms with E-state index in [0.29, 0.717) is 23.6 Å². The van der Waals surface area contributed by atoms with Crippen LogP contribution in [0.4, 0.5) is 5.69 Å². The summed E-state index contributed by atoms with van der Waals surface area (Å²) in [5, 5.41) is 13.1. The molecule has 3 N–H and O–H groups in total. The minimum Gasteiger partial charge on any atom is -0.497 e. The number of ether oxygens (including phenoxy) is 3. The van der Waals surface area contributed by atoms with Crippen molar-refractivity contribution in [2.45, 2.75) is 80.1 Å². The zero-order chi connectivity index (χ0) is 26.0. The summed E-state index contributed by atoms with van der Waals surface area (Å²) in [5.74, 6) is 0.915. The van der Waals surface area contributed by atoms with E-state index in [2.05, 4.69) is 10.0 Å². The number of hydrogen-bond donors (Lipinski definition) is 3. The van der Waals surface area contributed by atoms with Crippen molar-refractivity contribution in [1.82, 2.24) is 5.32 Å². The number of hydrogen-bond acceptors (Lipinski definition) is 7. The molecule has 9 nitrogen and oxygen atoms in total. The summed E-state index contributed by atoms with van der Waals surface area (Å²) in [7, 11) is -2.35. The molecule has 1 saturated carbocycles. The molecule has 2 aromatic carbocycles. The van der Waals surface area contributed by atoms with Crippen LogP contribution in [0.1, 0.15) is 56.4 Å². The first-order valence-electron chi connectivity index (χ1n) is 12.9. The molecule has 1 saturated heterocycles. The van der Waals surface area contributed by atoms with E-state index in [1.165, 1.54) is 25.7 Å². The van der Waals surface area contributed by atoms with E-state index in [9.17, 15) is 18.3 Å². The van der Waals surface area contributed by atoms with Gasteiger partial charge in [0.05, 0.1) is 31.1 Å². The van der Waals surface area contributed by atoms with E-state index in [1.807, 2.05) is 0 Å². The number of sulfonamides is 1. The normalized spacial score (nSPS) is 25.5. The minimum absolute atomic E-state index is 0.0361. The second-order valence-corrected chi connectivity index (χ2v) is 11.7. The number of amides is 1. The first-order valence-corrected chi connectivity index (χ1v) is 14.4. The molecule has 200 valence electrons. The third kappa shape index (κ3) is 5.71. The first kappa shape index (κ1) is 25.8. The highest BCUT2D eigenvalue weighted by Gasteiger charge is 2.46. The molecule has 5 rings (SSSR count). The number of carbonyl (C=O) groups is 1. The molecule has 0 unspecified atom stereocenters. The zero-order valence-electron chi connectivity index (χ0n) is 20.9. The van der Waals surface area contributed by atoms with Gasteiger partial charge in [-0.05, 0) is 49.6 Å². The molecule has 2 heterocycles. The van der Waals surface area contributed by atoms with E-state index in [1.54, 1.807) is 30.3 Å². The summed E-state index contributed by atoms with van der Waals surface area (Å²) < 4.78 is 46.0. The Morgan fingerprint density at radius 2 is 1.95 bits per heavy atom. The minimum atomic E-state index is -3.84. The first-order chi connectivity index (χ1) is 17.9. The molecule has 0 bridgehead atoms. The van der Waals surface area contributed by atoms with Gasteiger partial charge in [-0.25, -0.2) is 8.42 Å². The molecule has 0 radical (unpaired) electrons. The largest absolute Gasteiger partial charge is 0.497 e. The Morgan fingerprint density at radius 1 is 1.14 bits per heavy atom. The Labute approximate surface area is 217 Å². The van der Waals surface area contributed by atoms with Crippen LogP contribution in [0.5, 0.6) is 11.5 Å². The molecule has 2 aromatic rings. The van der Waals surface area contributed by atoms with Crippen LogP contribution < -0.4 is 19.5 Å². The van der Waals surface area contributed by atoms with Crippen LogP contribution in [0.25, 0.3) is 0 Å². The lowest BCUT2D eigenvalue weighted by atomic mass is 9.84. The third-order valence-corrected chi connectivity index (χ3v) is 8.87. The molecule has 37 heavy (non-hydrogen) atoms. The number of anilines is 1. The van der Waals surface area contributed by atoms with E-state index in [-0.39, 0.29) is 41.9 Å². The molecule has 4 atom stereocenters. The van der Waals surface area contributed by atoms with Gasteiger partial charge in [0, 0.05) is 29.3 Å². The zero-order valence-corrected chi connectivity index (χ0v) is 21.7. The Bertz CT molecular complexity index is 1230. The molecular formula is C27H34N2O7S. The van der Waals surface area contributed by atoms with Crippen LogP contribution in [-0.2, 0) is 19.6 Å². The molecule has 0 aromatic heterocycles. The maximum Gasteiger partial charge on any atom is 0.262 e. The van der Waals surface area contributed by atoms with Crippen molar-refractivity contribution in [2.75, 3.05) is 18.4 Å². The van der Waals surface area contributed by atoms with Crippen molar-refractivity contribution in [2.24, 2.45) is 0 Å². The standard InChI is InChI=1S/C27H34N2O7S/c1-34-19-8-5-9-21(13-19)37(32,33)29-18-10-11-24-22(12-18)23-14-20(35-25(16-30)27(23)36-24)15-26(31)28-17-6-3-2-4-7-17/h5,8-13,17,20,23,25,27,29-30H,2-4,6-7,14-16H2,1H3,(H,28,31)/t20-,23+,25+,27-/m1/s1. The molecule has 0 spiro atoms. The number of nitrogens with one attached hydrogen (secondary N) is 2. The molecule has 2 aliphatic heterocycles. The van der Waals surface area contributed by atoms with Gasteiger partial charge in [-0.2, -0.15) is 0 Å². The fraction of sp³-hybridized carbons (Fsp3) is 0.519. The molecule has 3 aliphatic rings. The van der Waals surface area contributed by atoms with Crippen LogP contribution in [0.2, 0.25) is 0 Å². The number of aliphatic hydroxyl groups excluding tert-OH is 1. The lowest BCUT2D eigenvalue weighted by molar-refractivity contribution is -0.142. The highest BCUT2D eigenvalue weighted by Crippen LogP contribution is 2.47. The van der Waals surface area contributed by atoms with Gasteiger partial charge in [0.15, 0.2) is 0 Å². The summed E-state index contributed by atoms with van der Waals surface area (Å²) in [4.78, 5) is 12.8. The topological polar surface area (TPSA) is 123 Å². The summed E-state index contributed by atoms with van der Waals surface area (Å²) in [6, 6.07) is 11.6. The van der Waals surface area contributed by atoms with E-state index >= 15 is 0 Å². The lowest BCUT2D eigenvalue weighted by Crippen LogP contribution is -2.48. The maximum atomic E-state index is 13.0. The summed E-state index contributed by atoms with van der Waals surface area (Å²) in [5.41, 5.74) is 1.25. The molecule has 10 heteroatoms. The predicted octanol–water partition coefficient (Wildman–Crippen LogP) is 3.33. The maximum absolute atomic E-state index is 13.0. The number of benzene rings is 2. The van der Waals surface area contributed by atoms with Crippen LogP contribution in [0.3, 0.4) is 0 Å². The van der Waals surface area contributed by atoms with Crippen LogP contribution >= 0.6 is 0 Å². The van der Waals surface area contributed by atoms with E-state index in [4.69, 9.17) is 14.2 Å². The molecular weight excluding hydrogens is 496 g/mol. The van der Waals surface area contributed by atoms with Gasteiger partial charge in [0.2, 0.25) is 5.91 Å². The van der Waals surface area contributed by atoms with Crippen LogP contribution in [0.15, 0.2) is 47.4 Å². The number of rotatable bonds is 8. The third-order valence-electron chi connectivity index (χ3n) is 7.49. The van der Waals surface area contributed by atoms with Gasteiger partial charge in [-0.3, -0.25) is 9.52 Å². The SMILES string of the molecule is COc1cccc(S(=O)(=O)Nc2ccc3c(c2)[C@@H]2C[C@H](CC(=O)NC4CCCCC4)O[C@@H](CO)[C@@H]2O3)c1. The second-order valence-electron chi connectivity index (χ2n) is 10.0. The summed E-state index contributed by atoms with van der Waals surface area (Å²) in [6.45, 7) is -0.231. The average molecular weight is 531 g/mol. The highest BCUT2D eigenvalue weighted by atomic mass is 32.2. The lowest BCUT2D eigenvalue weighted by Gasteiger charge is -2.37. The molecule has 2 fully saturated rings. The summed E-state index contributed by atoms with van der Waals surface area (Å²) in [6.07, 6.45) is 4.93. The molecule has 1 aliphatic carbocycles. The number of carbonyl (C=O) groups excluding carboxylic acids is 1. The summed E-state index contributed by atoms with van der Waals surface area (Å²) >= 11 is 0. The fourth-order valence-electron chi connectivity index (χ4n) is 5.68. The average Bonchev–Trinajstić information content (AvgIpc) is 3.26. The van der Waals surface area contributed by atoms with E-state index < -0.39 is 22.2 Å². The van der Waals surface area contributed by atoms with Crippen LogP contribution in [-0.4, -0.2) is 57.5 Å². The monoisotopic (exact) mass is 530 g/mol. The second kappa shape index (κ2) is 10.9.